The van der Waals surface area contributed by atoms with Crippen LogP contribution in [0.5, 0.6) is 11.5 Å². The van der Waals surface area contributed by atoms with Gasteiger partial charge in [0.25, 0.3) is 11.5 Å². The first-order chi connectivity index (χ1) is 20.2. The van der Waals surface area contributed by atoms with E-state index in [4.69, 9.17) is 4.74 Å². The Morgan fingerprint density at radius 1 is 1.07 bits per heavy atom. The number of thioether (sulfide) groups is 1. The van der Waals surface area contributed by atoms with E-state index in [-0.39, 0.29) is 28.7 Å². The summed E-state index contributed by atoms with van der Waals surface area (Å²) in [7, 11) is 4.94. The summed E-state index contributed by atoms with van der Waals surface area (Å²) in [5.74, 6) is 0.551. The zero-order valence-electron chi connectivity index (χ0n) is 22.6. The summed E-state index contributed by atoms with van der Waals surface area (Å²) >= 11 is 2.58. The Labute approximate surface area is 247 Å². The Kier molecular flexibility index (Phi) is 10.0. The normalized spacial score (nSPS) is 13.7. The molecule has 2 aromatic carbocycles. The second-order valence-corrected chi connectivity index (χ2v) is 10.5. The fourth-order valence-corrected chi connectivity index (χ4v) is 5.20. The van der Waals surface area contributed by atoms with E-state index >= 15 is 0 Å². The summed E-state index contributed by atoms with van der Waals surface area (Å²) in [6.45, 7) is -2.96. The van der Waals surface area contributed by atoms with Crippen LogP contribution in [0.25, 0.3) is 11.0 Å². The summed E-state index contributed by atoms with van der Waals surface area (Å²) in [4.78, 5) is 47.6. The molecule has 3 heterocycles. The van der Waals surface area contributed by atoms with Gasteiger partial charge in [0.05, 0.1) is 18.5 Å². The number of alkyl halides is 2. The quantitative estimate of drug-likeness (QED) is 0.209. The number of nitrogens with zero attached hydrogens (tertiary/aromatic N) is 5. The SMILES string of the molecule is CN(C)C=O.COc1ccc(/C=C2/N=C(SCc3cc(=O)n4ccsc4n3)N(c3ccc(OC(F)F)cc3)C2=O)cc1. The number of carbonyl (C=O) groups is 2. The van der Waals surface area contributed by atoms with Crippen molar-refractivity contribution in [1.82, 2.24) is 14.3 Å². The van der Waals surface area contributed by atoms with Gasteiger partial charge in [-0.05, 0) is 48.0 Å². The number of hydrogen-bond donors (Lipinski definition) is 0. The van der Waals surface area contributed by atoms with Gasteiger partial charge in [-0.2, -0.15) is 8.78 Å². The maximum absolute atomic E-state index is 13.4. The van der Waals surface area contributed by atoms with E-state index in [1.54, 1.807) is 63.1 Å². The molecule has 1 aliphatic rings. The third-order valence-corrected chi connectivity index (χ3v) is 7.21. The summed E-state index contributed by atoms with van der Waals surface area (Å²) in [6.07, 6.45) is 4.06. The highest BCUT2D eigenvalue weighted by Crippen LogP contribution is 2.32. The molecule has 0 saturated carbocycles. The number of amidine groups is 1. The van der Waals surface area contributed by atoms with Crippen molar-refractivity contribution in [3.8, 4) is 11.5 Å². The van der Waals surface area contributed by atoms with Crippen LogP contribution in [0.1, 0.15) is 11.3 Å². The third kappa shape index (κ3) is 7.59. The Morgan fingerprint density at radius 2 is 1.74 bits per heavy atom. The number of aromatic nitrogens is 2. The van der Waals surface area contributed by atoms with E-state index < -0.39 is 6.61 Å². The molecule has 0 fully saturated rings. The van der Waals surface area contributed by atoms with Crippen molar-refractivity contribution in [2.24, 2.45) is 4.99 Å². The molecule has 0 spiro atoms. The van der Waals surface area contributed by atoms with E-state index in [0.717, 1.165) is 12.0 Å². The van der Waals surface area contributed by atoms with Crippen LogP contribution < -0.4 is 19.9 Å². The molecule has 5 rings (SSSR count). The van der Waals surface area contributed by atoms with Crippen molar-refractivity contribution in [2.75, 3.05) is 26.1 Å². The van der Waals surface area contributed by atoms with Crippen molar-refractivity contribution in [3.63, 3.8) is 0 Å². The molecule has 1 aliphatic heterocycles. The van der Waals surface area contributed by atoms with Crippen molar-refractivity contribution in [2.45, 2.75) is 12.4 Å². The predicted octanol–water partition coefficient (Wildman–Crippen LogP) is 4.75. The van der Waals surface area contributed by atoms with Crippen molar-refractivity contribution in [1.29, 1.82) is 0 Å². The lowest BCUT2D eigenvalue weighted by molar-refractivity contribution is -0.116. The van der Waals surface area contributed by atoms with Gasteiger partial charge in [0, 0.05) is 37.5 Å². The molecule has 0 N–H and O–H groups in total. The van der Waals surface area contributed by atoms with Gasteiger partial charge in [-0.25, -0.2) is 9.98 Å². The lowest BCUT2D eigenvalue weighted by atomic mass is 10.2. The number of benzene rings is 2. The second kappa shape index (κ2) is 13.9. The molecule has 2 amide bonds. The fraction of sp³-hybridized carbons (Fsp3) is 0.179. The second-order valence-electron chi connectivity index (χ2n) is 8.71. The van der Waals surface area contributed by atoms with E-state index in [9.17, 15) is 23.2 Å². The van der Waals surface area contributed by atoms with Crippen LogP contribution >= 0.6 is 23.1 Å². The molecule has 218 valence electrons. The first-order valence-corrected chi connectivity index (χ1v) is 14.1. The van der Waals surface area contributed by atoms with Crippen LogP contribution in [-0.4, -0.2) is 59.6 Å². The highest BCUT2D eigenvalue weighted by molar-refractivity contribution is 8.13. The van der Waals surface area contributed by atoms with Crippen LogP contribution in [0.4, 0.5) is 14.5 Å². The first-order valence-electron chi connectivity index (χ1n) is 12.2. The van der Waals surface area contributed by atoms with Crippen LogP contribution in [0.2, 0.25) is 0 Å². The maximum atomic E-state index is 13.4. The number of hydrogen-bond acceptors (Lipinski definition) is 9. The summed E-state index contributed by atoms with van der Waals surface area (Å²) < 4.78 is 36.2. The number of halogens is 2. The Morgan fingerprint density at radius 3 is 2.36 bits per heavy atom. The fourth-order valence-electron chi connectivity index (χ4n) is 3.56. The van der Waals surface area contributed by atoms with E-state index in [1.807, 2.05) is 0 Å². The Balaban J connectivity index is 0.000000748. The van der Waals surface area contributed by atoms with E-state index in [0.29, 0.717) is 27.3 Å². The smallest absolute Gasteiger partial charge is 0.387 e. The highest BCUT2D eigenvalue weighted by atomic mass is 32.2. The van der Waals surface area contributed by atoms with Gasteiger partial charge in [-0.15, -0.1) is 11.3 Å². The molecule has 14 heteroatoms. The van der Waals surface area contributed by atoms with Gasteiger partial charge in [-0.3, -0.25) is 23.7 Å². The van der Waals surface area contributed by atoms with Gasteiger partial charge in [0.15, 0.2) is 10.1 Å². The van der Waals surface area contributed by atoms with Crippen molar-refractivity contribution >= 4 is 57.3 Å². The number of aliphatic imine (C=N–C) groups is 1. The van der Waals surface area contributed by atoms with Crippen LogP contribution in [0.3, 0.4) is 0 Å². The molecule has 0 bridgehead atoms. The van der Waals surface area contributed by atoms with Crippen molar-refractivity contribution < 1.29 is 27.8 Å². The average Bonchev–Trinajstić information content (AvgIpc) is 3.57. The number of methoxy groups -OCH3 is 1. The number of amides is 2. The van der Waals surface area contributed by atoms with Crippen LogP contribution in [-0.2, 0) is 15.3 Å². The molecule has 0 atom stereocenters. The van der Waals surface area contributed by atoms with Gasteiger partial charge < -0.3 is 14.4 Å². The molecule has 4 aromatic rings. The molecule has 0 saturated heterocycles. The van der Waals surface area contributed by atoms with E-state index in [2.05, 4.69) is 14.7 Å². The standard InChI is InChI=1S/C25H18F2N4O4S2.C3H7NO/c1-34-18-6-2-15(3-7-18)12-20-22(33)31(17-4-8-19(9-5-17)35-23(26)27)25(29-20)37-14-16-13-21(32)30-10-11-36-24(30)28-16;1-4(2)3-5/h2-13,23H,14H2,1H3;3H,1-2H3/b20-12+;. The maximum Gasteiger partial charge on any atom is 0.387 e. The number of anilines is 1. The molecule has 0 unspecified atom stereocenters. The van der Waals surface area contributed by atoms with Gasteiger partial charge in [0.1, 0.15) is 17.2 Å². The Hall–Kier alpha value is -4.56. The summed E-state index contributed by atoms with van der Waals surface area (Å²) in [5.41, 5.74) is 1.72. The minimum atomic E-state index is -2.96. The lowest BCUT2D eigenvalue weighted by Crippen LogP contribution is -2.30. The molecule has 0 radical (unpaired) electrons. The van der Waals surface area contributed by atoms with Gasteiger partial charge >= 0.3 is 6.61 Å². The van der Waals surface area contributed by atoms with Crippen LogP contribution in [0.15, 0.2) is 81.7 Å². The first kappa shape index (κ1) is 30.4. The van der Waals surface area contributed by atoms with Gasteiger partial charge in [-0.1, -0.05) is 23.9 Å². The molecular weight excluding hydrogens is 588 g/mol. The monoisotopic (exact) mass is 613 g/mol. The topological polar surface area (TPSA) is 106 Å². The molecule has 10 nitrogen and oxygen atoms in total. The summed E-state index contributed by atoms with van der Waals surface area (Å²) in [5, 5.41) is 2.14. The molecular formula is C28H25F2N5O5S2. The molecule has 0 aliphatic carbocycles. The molecule has 2 aromatic heterocycles. The van der Waals surface area contributed by atoms with Crippen LogP contribution in [0, 0.1) is 0 Å². The zero-order valence-corrected chi connectivity index (χ0v) is 24.3. The Bertz CT molecular complexity index is 1670. The number of ether oxygens (including phenoxy) is 2. The number of carbonyl (C=O) groups excluding carboxylic acids is 2. The number of rotatable bonds is 8. The number of fused-ring (bicyclic) bond motifs is 1. The average molecular weight is 614 g/mol. The minimum Gasteiger partial charge on any atom is -0.497 e. The third-order valence-electron chi connectivity index (χ3n) is 5.49. The molecule has 42 heavy (non-hydrogen) atoms. The zero-order chi connectivity index (χ0) is 30.2. The van der Waals surface area contributed by atoms with Crippen molar-refractivity contribution in [3.05, 3.63) is 93.5 Å². The van der Waals surface area contributed by atoms with E-state index in [1.165, 1.54) is 67.6 Å². The number of thiazole rings is 1. The minimum absolute atomic E-state index is 0.0283. The largest absolute Gasteiger partial charge is 0.497 e. The predicted molar refractivity (Wildman–Crippen MR) is 159 cm³/mol. The highest BCUT2D eigenvalue weighted by Gasteiger charge is 2.32. The summed E-state index contributed by atoms with van der Waals surface area (Å²) in [6, 6.07) is 14.3. The van der Waals surface area contributed by atoms with Gasteiger partial charge in [0.2, 0.25) is 6.41 Å². The lowest BCUT2D eigenvalue weighted by Gasteiger charge is -2.18.